The van der Waals surface area contributed by atoms with Crippen LogP contribution in [0.25, 0.3) is 11.1 Å². The molecule has 0 amide bonds. The first-order chi connectivity index (χ1) is 14.1. The Balaban J connectivity index is 2.97. The molecule has 0 aliphatic heterocycles. The lowest BCUT2D eigenvalue weighted by atomic mass is 10.0. The van der Waals surface area contributed by atoms with Crippen LogP contribution in [0, 0.1) is 0 Å². The lowest BCUT2D eigenvalue weighted by Crippen LogP contribution is -2.22. The van der Waals surface area contributed by atoms with Gasteiger partial charge in [0.2, 0.25) is 0 Å². The van der Waals surface area contributed by atoms with E-state index in [-0.39, 0.29) is 15.8 Å². The van der Waals surface area contributed by atoms with E-state index in [1.54, 1.807) is 14.2 Å². The van der Waals surface area contributed by atoms with Gasteiger partial charge >= 0.3 is 0 Å². The maximum Gasteiger partial charge on any atom is 0.127 e. The molecule has 30 heavy (non-hydrogen) atoms. The highest BCUT2D eigenvalue weighted by atomic mass is 31.1. The van der Waals surface area contributed by atoms with Gasteiger partial charge in [-0.3, -0.25) is 0 Å². The monoisotopic (exact) mass is 446 g/mol. The minimum atomic E-state index is -0.348. The molecule has 0 fully saturated rings. The molecule has 0 saturated heterocycles. The van der Waals surface area contributed by atoms with E-state index in [2.05, 4.69) is 91.8 Å². The van der Waals surface area contributed by atoms with Gasteiger partial charge in [-0.05, 0) is 45.4 Å². The van der Waals surface area contributed by atoms with E-state index < -0.39 is 0 Å². The van der Waals surface area contributed by atoms with Crippen molar-refractivity contribution in [2.45, 2.75) is 78.0 Å². The van der Waals surface area contributed by atoms with Gasteiger partial charge < -0.3 is 9.47 Å². The maximum absolute atomic E-state index is 5.97. The number of rotatable bonds is 9. The van der Waals surface area contributed by atoms with E-state index in [4.69, 9.17) is 9.47 Å². The van der Waals surface area contributed by atoms with Crippen molar-refractivity contribution in [1.82, 2.24) is 0 Å². The van der Waals surface area contributed by atoms with Crippen LogP contribution in [-0.4, -0.2) is 36.9 Å². The van der Waals surface area contributed by atoms with E-state index in [0.29, 0.717) is 22.6 Å². The Morgan fingerprint density at radius 2 is 0.833 bits per heavy atom. The molecule has 2 aromatic carbocycles. The van der Waals surface area contributed by atoms with Gasteiger partial charge in [0, 0.05) is 11.1 Å². The molecule has 0 aliphatic rings. The van der Waals surface area contributed by atoms with Crippen molar-refractivity contribution in [2.24, 2.45) is 0 Å². The highest BCUT2D eigenvalue weighted by molar-refractivity contribution is 7.68. The number of hydrogen-bond acceptors (Lipinski definition) is 2. The van der Waals surface area contributed by atoms with Gasteiger partial charge in [0.25, 0.3) is 0 Å². The second kappa shape index (κ2) is 11.0. The van der Waals surface area contributed by atoms with Crippen LogP contribution in [0.15, 0.2) is 36.4 Å². The van der Waals surface area contributed by atoms with Crippen LogP contribution in [0.5, 0.6) is 11.5 Å². The molecule has 0 aromatic heterocycles. The molecule has 0 atom stereocenters. The fourth-order valence-corrected chi connectivity index (χ4v) is 10.7. The van der Waals surface area contributed by atoms with Gasteiger partial charge in [0.1, 0.15) is 11.5 Å². The Hall–Kier alpha value is -1.10. The summed E-state index contributed by atoms with van der Waals surface area (Å²) in [6.07, 6.45) is 0. The van der Waals surface area contributed by atoms with Gasteiger partial charge in [0.15, 0.2) is 0 Å². The predicted molar refractivity (Wildman–Crippen MR) is 139 cm³/mol. The van der Waals surface area contributed by atoms with Crippen LogP contribution in [0.4, 0.5) is 0 Å². The second-order valence-electron chi connectivity index (χ2n) is 8.90. The number of methoxy groups -OCH3 is 2. The van der Waals surface area contributed by atoms with E-state index in [9.17, 15) is 0 Å². The van der Waals surface area contributed by atoms with E-state index in [0.717, 1.165) is 11.5 Å². The summed E-state index contributed by atoms with van der Waals surface area (Å²) in [4.78, 5) is 0. The zero-order valence-electron chi connectivity index (χ0n) is 20.5. The Morgan fingerprint density at radius 1 is 0.533 bits per heavy atom. The fraction of sp³-hybridized carbons (Fsp3) is 0.538. The number of hydrogen-bond donors (Lipinski definition) is 0. The summed E-state index contributed by atoms with van der Waals surface area (Å²) >= 11 is 0. The van der Waals surface area contributed by atoms with Crippen LogP contribution in [0.3, 0.4) is 0 Å². The molecule has 2 rings (SSSR count). The van der Waals surface area contributed by atoms with Gasteiger partial charge in [-0.15, -0.1) is 0 Å². The smallest absolute Gasteiger partial charge is 0.127 e. The summed E-state index contributed by atoms with van der Waals surface area (Å²) in [5.74, 6) is 1.91. The summed E-state index contributed by atoms with van der Waals surface area (Å²) < 4.78 is 11.9. The molecule has 0 N–H and O–H groups in total. The first-order valence-electron chi connectivity index (χ1n) is 11.1. The minimum Gasteiger partial charge on any atom is -0.496 e. The summed E-state index contributed by atoms with van der Waals surface area (Å²) in [5.41, 5.74) is 4.88. The summed E-state index contributed by atoms with van der Waals surface area (Å²) in [6, 6.07) is 13.2. The van der Waals surface area contributed by atoms with E-state index in [1.807, 2.05) is 0 Å². The third-order valence-electron chi connectivity index (χ3n) is 5.48. The maximum atomic E-state index is 5.97. The SMILES string of the molecule is COc1cccc(P(C(C)C)C(C)C)c1-c1c(OC)cccc1P(C(C)C)C(C)C. The third-order valence-corrected chi connectivity index (χ3v) is 11.8. The van der Waals surface area contributed by atoms with Gasteiger partial charge in [-0.2, -0.15) is 0 Å². The fourth-order valence-electron chi connectivity index (χ4n) is 4.62. The Labute approximate surface area is 187 Å². The van der Waals surface area contributed by atoms with Crippen molar-refractivity contribution in [3.05, 3.63) is 36.4 Å². The predicted octanol–water partition coefficient (Wildman–Crippen LogP) is 7.22. The largest absolute Gasteiger partial charge is 0.496 e. The van der Waals surface area contributed by atoms with Crippen molar-refractivity contribution in [1.29, 1.82) is 0 Å². The highest BCUT2D eigenvalue weighted by Crippen LogP contribution is 2.53. The molecular formula is C26H40O2P2. The molecule has 2 aromatic rings. The van der Waals surface area contributed by atoms with E-state index in [1.165, 1.54) is 21.7 Å². The van der Waals surface area contributed by atoms with Crippen LogP contribution in [-0.2, 0) is 0 Å². The van der Waals surface area contributed by atoms with Crippen molar-refractivity contribution in [3.8, 4) is 22.6 Å². The Bertz CT molecular complexity index is 742. The lowest BCUT2D eigenvalue weighted by molar-refractivity contribution is 0.411. The molecule has 0 unspecified atom stereocenters. The highest BCUT2D eigenvalue weighted by Gasteiger charge is 2.30. The Kier molecular flexibility index (Phi) is 9.20. The first kappa shape index (κ1) is 25.2. The molecule has 0 heterocycles. The molecule has 166 valence electrons. The number of ether oxygens (including phenoxy) is 2. The second-order valence-corrected chi connectivity index (χ2v) is 15.6. The molecular weight excluding hydrogens is 406 g/mol. The van der Waals surface area contributed by atoms with Crippen molar-refractivity contribution in [3.63, 3.8) is 0 Å². The molecule has 0 saturated carbocycles. The molecule has 0 aliphatic carbocycles. The van der Waals surface area contributed by atoms with Gasteiger partial charge in [-0.25, -0.2) is 0 Å². The summed E-state index contributed by atoms with van der Waals surface area (Å²) in [6.45, 7) is 18.8. The van der Waals surface area contributed by atoms with Crippen molar-refractivity contribution in [2.75, 3.05) is 14.2 Å². The Morgan fingerprint density at radius 3 is 1.07 bits per heavy atom. The van der Waals surface area contributed by atoms with Gasteiger partial charge in [-0.1, -0.05) is 95.5 Å². The standard InChI is InChI=1S/C26H40O2P2/c1-17(2)29(18(3)4)23-15-11-13-21(27-9)25(23)26-22(28-10)14-12-16-24(26)30(19(5)6)20(7)8/h11-20H,1-10H3. The molecule has 2 nitrogen and oxygen atoms in total. The van der Waals surface area contributed by atoms with Crippen LogP contribution in [0.1, 0.15) is 55.4 Å². The normalized spacial score (nSPS) is 12.1. The van der Waals surface area contributed by atoms with Crippen molar-refractivity contribution < 1.29 is 9.47 Å². The van der Waals surface area contributed by atoms with Crippen LogP contribution < -0.4 is 20.1 Å². The molecule has 0 bridgehead atoms. The molecule has 0 spiro atoms. The average molecular weight is 447 g/mol. The molecule has 0 radical (unpaired) electrons. The zero-order valence-corrected chi connectivity index (χ0v) is 22.3. The lowest BCUT2D eigenvalue weighted by Gasteiger charge is -2.33. The quantitative estimate of drug-likeness (QED) is 0.379. The third kappa shape index (κ3) is 5.20. The zero-order chi connectivity index (χ0) is 22.6. The minimum absolute atomic E-state index is 0.348. The van der Waals surface area contributed by atoms with Crippen LogP contribution in [0.2, 0.25) is 0 Å². The number of benzene rings is 2. The van der Waals surface area contributed by atoms with Crippen LogP contribution >= 0.6 is 15.8 Å². The molecule has 4 heteroatoms. The van der Waals surface area contributed by atoms with Gasteiger partial charge in [0.05, 0.1) is 14.2 Å². The average Bonchev–Trinajstić information content (AvgIpc) is 2.66. The summed E-state index contributed by atoms with van der Waals surface area (Å²) in [5, 5.41) is 2.87. The van der Waals surface area contributed by atoms with E-state index >= 15 is 0 Å². The van der Waals surface area contributed by atoms with Crippen molar-refractivity contribution >= 4 is 26.5 Å². The summed E-state index contributed by atoms with van der Waals surface area (Å²) in [7, 11) is 2.88. The first-order valence-corrected chi connectivity index (χ1v) is 14.0. The topological polar surface area (TPSA) is 18.5 Å².